The molecule has 0 bridgehead atoms. The van der Waals surface area contributed by atoms with Crippen molar-refractivity contribution in [2.45, 2.75) is 11.6 Å². The van der Waals surface area contributed by atoms with Crippen LogP contribution in [0, 0.1) is 5.82 Å². The Bertz CT molecular complexity index is 694. The molecule has 2 aromatic rings. The van der Waals surface area contributed by atoms with E-state index in [4.69, 9.17) is 11.5 Å². The minimum atomic E-state index is -0.267. The van der Waals surface area contributed by atoms with Crippen LogP contribution in [0.1, 0.15) is 11.1 Å². The van der Waals surface area contributed by atoms with Crippen molar-refractivity contribution >= 4 is 60.6 Å². The Morgan fingerprint density at radius 2 is 1.57 bits per heavy atom. The molecule has 6 nitrogen and oxygen atoms in total. The van der Waals surface area contributed by atoms with Gasteiger partial charge in [-0.15, -0.1) is 37.2 Å². The maximum atomic E-state index is 13.0. The molecule has 0 atom stereocenters. The van der Waals surface area contributed by atoms with Crippen LogP contribution >= 0.6 is 49.0 Å². The fourth-order valence-corrected chi connectivity index (χ4v) is 3.61. The molecule has 1 fully saturated rings. The SMILES string of the molecule is Cl.Cl.Cl.Nc1nc(SCCN2CCNCC2)nc(N)c1Cc1ccc(F)cc1. The molecule has 0 aliphatic carbocycles. The zero-order chi connectivity index (χ0) is 17.6. The molecule has 11 heteroatoms. The molecular weight excluding hydrogens is 446 g/mol. The summed E-state index contributed by atoms with van der Waals surface area (Å²) in [4.78, 5) is 11.2. The third-order valence-corrected chi connectivity index (χ3v) is 5.02. The van der Waals surface area contributed by atoms with Gasteiger partial charge in [0.25, 0.3) is 0 Å². The number of benzene rings is 1. The average molecular weight is 472 g/mol. The molecule has 0 unspecified atom stereocenters. The Morgan fingerprint density at radius 1 is 1.00 bits per heavy atom. The maximum absolute atomic E-state index is 13.0. The molecular formula is C17H26Cl3FN6S. The predicted octanol–water partition coefficient (Wildman–Crippen LogP) is 2.63. The molecule has 0 saturated carbocycles. The fourth-order valence-electron chi connectivity index (χ4n) is 2.75. The van der Waals surface area contributed by atoms with Crippen LogP contribution in [0.3, 0.4) is 0 Å². The van der Waals surface area contributed by atoms with Crippen LogP contribution in [0.15, 0.2) is 29.4 Å². The number of hydrogen-bond acceptors (Lipinski definition) is 7. The number of nitrogens with two attached hydrogens (primary N) is 2. The minimum absolute atomic E-state index is 0. The molecule has 0 radical (unpaired) electrons. The molecule has 1 aromatic heterocycles. The van der Waals surface area contributed by atoms with E-state index in [9.17, 15) is 4.39 Å². The Balaban J connectivity index is 0.00000243. The largest absolute Gasteiger partial charge is 0.383 e. The van der Waals surface area contributed by atoms with Crippen LogP contribution in [0.5, 0.6) is 0 Å². The van der Waals surface area contributed by atoms with Crippen LogP contribution in [0.4, 0.5) is 16.0 Å². The zero-order valence-corrected chi connectivity index (χ0v) is 18.5. The topological polar surface area (TPSA) is 93.1 Å². The van der Waals surface area contributed by atoms with Gasteiger partial charge in [-0.3, -0.25) is 4.90 Å². The van der Waals surface area contributed by atoms with Gasteiger partial charge in [-0.2, -0.15) is 0 Å². The number of piperazine rings is 1. The molecule has 5 N–H and O–H groups in total. The second-order valence-corrected chi connectivity index (χ2v) is 7.06. The van der Waals surface area contributed by atoms with Crippen LogP contribution < -0.4 is 16.8 Å². The Hall–Kier alpha value is -1.03. The van der Waals surface area contributed by atoms with Gasteiger partial charge < -0.3 is 16.8 Å². The quantitative estimate of drug-likeness (QED) is 0.440. The Kier molecular flexibility index (Phi) is 12.8. The van der Waals surface area contributed by atoms with Crippen LogP contribution in [0.2, 0.25) is 0 Å². The smallest absolute Gasteiger partial charge is 0.191 e. The molecule has 28 heavy (non-hydrogen) atoms. The monoisotopic (exact) mass is 470 g/mol. The zero-order valence-electron chi connectivity index (χ0n) is 15.3. The number of nitrogen functional groups attached to an aromatic ring is 2. The number of nitrogens with zero attached hydrogens (tertiary/aromatic N) is 3. The molecule has 1 saturated heterocycles. The number of aromatic nitrogens is 2. The van der Waals surface area contributed by atoms with E-state index in [2.05, 4.69) is 20.2 Å². The van der Waals surface area contributed by atoms with Gasteiger partial charge in [-0.1, -0.05) is 23.9 Å². The first-order chi connectivity index (χ1) is 12.1. The summed E-state index contributed by atoms with van der Waals surface area (Å²) in [7, 11) is 0. The Labute approximate surface area is 187 Å². The van der Waals surface area contributed by atoms with Crippen molar-refractivity contribution in [1.82, 2.24) is 20.2 Å². The third-order valence-electron chi connectivity index (χ3n) is 4.19. The number of nitrogens with one attached hydrogen (secondary N) is 1. The van der Waals surface area contributed by atoms with Gasteiger partial charge >= 0.3 is 0 Å². The van der Waals surface area contributed by atoms with E-state index in [1.165, 1.54) is 12.1 Å². The minimum Gasteiger partial charge on any atom is -0.383 e. The number of rotatable bonds is 6. The lowest BCUT2D eigenvalue weighted by Gasteiger charge is -2.26. The van der Waals surface area contributed by atoms with Crippen molar-refractivity contribution in [1.29, 1.82) is 0 Å². The lowest BCUT2D eigenvalue weighted by Crippen LogP contribution is -2.44. The van der Waals surface area contributed by atoms with Crippen molar-refractivity contribution in [3.8, 4) is 0 Å². The third kappa shape index (κ3) is 7.77. The summed E-state index contributed by atoms with van der Waals surface area (Å²) in [6.07, 6.45) is 0.490. The lowest BCUT2D eigenvalue weighted by atomic mass is 10.1. The molecule has 1 aromatic carbocycles. The molecule has 1 aliphatic rings. The predicted molar refractivity (Wildman–Crippen MR) is 122 cm³/mol. The van der Waals surface area contributed by atoms with E-state index in [1.807, 2.05) is 0 Å². The Morgan fingerprint density at radius 3 is 2.14 bits per heavy atom. The molecule has 2 heterocycles. The van der Waals surface area contributed by atoms with E-state index < -0.39 is 0 Å². The molecule has 3 rings (SSSR count). The van der Waals surface area contributed by atoms with Gasteiger partial charge in [0.15, 0.2) is 5.16 Å². The van der Waals surface area contributed by atoms with Crippen LogP contribution in [-0.4, -0.2) is 53.3 Å². The second-order valence-electron chi connectivity index (χ2n) is 6.00. The highest BCUT2D eigenvalue weighted by molar-refractivity contribution is 7.99. The average Bonchev–Trinajstić information content (AvgIpc) is 2.61. The molecule has 0 spiro atoms. The van der Waals surface area contributed by atoms with E-state index in [-0.39, 0.29) is 43.0 Å². The van der Waals surface area contributed by atoms with Gasteiger partial charge in [0, 0.05) is 50.5 Å². The van der Waals surface area contributed by atoms with Crippen LogP contribution in [0.25, 0.3) is 0 Å². The molecule has 1 aliphatic heterocycles. The van der Waals surface area contributed by atoms with Crippen molar-refractivity contribution in [3.05, 3.63) is 41.2 Å². The van der Waals surface area contributed by atoms with Gasteiger partial charge in [-0.25, -0.2) is 14.4 Å². The van der Waals surface area contributed by atoms with E-state index in [0.717, 1.165) is 44.0 Å². The van der Waals surface area contributed by atoms with Gasteiger partial charge in [-0.05, 0) is 17.7 Å². The van der Waals surface area contributed by atoms with E-state index in [0.29, 0.717) is 28.8 Å². The summed E-state index contributed by atoms with van der Waals surface area (Å²) in [5.74, 6) is 1.41. The number of hydrogen-bond donors (Lipinski definition) is 3. The first kappa shape index (κ1) is 27.0. The summed E-state index contributed by atoms with van der Waals surface area (Å²) in [6.45, 7) is 5.22. The van der Waals surface area contributed by atoms with Gasteiger partial charge in [0.2, 0.25) is 0 Å². The standard InChI is InChI=1S/C17H23FN6S.3ClH/c18-13-3-1-12(2-4-13)11-14-15(19)22-17(23-16(14)20)25-10-9-24-7-5-21-6-8-24;;;/h1-4,21H,5-11H2,(H4,19,20,22,23);3*1H. The molecule has 158 valence electrons. The van der Waals surface area contributed by atoms with Gasteiger partial charge in [0.1, 0.15) is 17.5 Å². The number of halogens is 4. The van der Waals surface area contributed by atoms with Crippen molar-refractivity contribution < 1.29 is 4.39 Å². The van der Waals surface area contributed by atoms with Crippen molar-refractivity contribution in [3.63, 3.8) is 0 Å². The highest BCUT2D eigenvalue weighted by Gasteiger charge is 2.13. The number of anilines is 2. The van der Waals surface area contributed by atoms with E-state index >= 15 is 0 Å². The normalized spacial score (nSPS) is 13.8. The molecule has 0 amide bonds. The fraction of sp³-hybridized carbons (Fsp3) is 0.412. The van der Waals surface area contributed by atoms with Crippen molar-refractivity contribution in [2.75, 3.05) is 49.9 Å². The first-order valence-corrected chi connectivity index (χ1v) is 9.32. The summed E-state index contributed by atoms with van der Waals surface area (Å²) in [5, 5.41) is 3.94. The number of thioether (sulfide) groups is 1. The van der Waals surface area contributed by atoms with Crippen LogP contribution in [-0.2, 0) is 6.42 Å². The lowest BCUT2D eigenvalue weighted by molar-refractivity contribution is 0.255. The summed E-state index contributed by atoms with van der Waals surface area (Å²) in [6, 6.07) is 6.26. The summed E-state index contributed by atoms with van der Waals surface area (Å²) >= 11 is 1.57. The highest BCUT2D eigenvalue weighted by Crippen LogP contribution is 2.24. The van der Waals surface area contributed by atoms with Crippen molar-refractivity contribution in [2.24, 2.45) is 0 Å². The maximum Gasteiger partial charge on any atom is 0.191 e. The summed E-state index contributed by atoms with van der Waals surface area (Å²) < 4.78 is 13.0. The highest BCUT2D eigenvalue weighted by atomic mass is 35.5. The first-order valence-electron chi connectivity index (χ1n) is 8.34. The second kappa shape index (κ2) is 13.2. The van der Waals surface area contributed by atoms with E-state index in [1.54, 1.807) is 23.9 Å². The van der Waals surface area contributed by atoms with Gasteiger partial charge in [0.05, 0.1) is 0 Å². The summed E-state index contributed by atoms with van der Waals surface area (Å²) in [5.41, 5.74) is 13.8.